The summed E-state index contributed by atoms with van der Waals surface area (Å²) >= 11 is 5.94. The molecule has 0 saturated carbocycles. The predicted molar refractivity (Wildman–Crippen MR) is 82.9 cm³/mol. The van der Waals surface area contributed by atoms with E-state index in [2.05, 4.69) is 25.1 Å². The molecule has 0 aliphatic rings. The molecule has 0 radical (unpaired) electrons. The number of methoxy groups -OCH3 is 1. The molecule has 2 rings (SSSR count). The normalized spacial score (nSPS) is 10.3. The number of aryl methyl sites for hydroxylation is 1. The Labute approximate surface area is 125 Å². The van der Waals surface area contributed by atoms with Crippen LogP contribution in [0.1, 0.15) is 16.7 Å². The zero-order valence-electron chi connectivity index (χ0n) is 11.9. The van der Waals surface area contributed by atoms with Crippen LogP contribution in [0.4, 0.5) is 0 Å². The molecule has 0 heterocycles. The minimum Gasteiger partial charge on any atom is -0.497 e. The van der Waals surface area contributed by atoms with Crippen LogP contribution in [0.25, 0.3) is 0 Å². The highest BCUT2D eigenvalue weighted by atomic mass is 35.5. The maximum absolute atomic E-state index is 5.94. The Hall–Kier alpha value is -1.67. The largest absolute Gasteiger partial charge is 0.497 e. The zero-order valence-corrected chi connectivity index (χ0v) is 12.6. The van der Waals surface area contributed by atoms with E-state index in [1.54, 1.807) is 7.11 Å². The van der Waals surface area contributed by atoms with E-state index in [0.29, 0.717) is 12.5 Å². The number of hydrogen-bond acceptors (Lipinski definition) is 2. The molecule has 2 aromatic rings. The fourth-order valence-electron chi connectivity index (χ4n) is 2.02. The van der Waals surface area contributed by atoms with Gasteiger partial charge in [0, 0.05) is 12.0 Å². The van der Waals surface area contributed by atoms with Crippen molar-refractivity contribution in [2.45, 2.75) is 19.2 Å². The average Bonchev–Trinajstić information content (AvgIpc) is 2.49. The second kappa shape index (κ2) is 7.20. The molecule has 0 spiro atoms. The summed E-state index contributed by atoms with van der Waals surface area (Å²) in [5, 5.41) is 0. The molecule has 20 heavy (non-hydrogen) atoms. The van der Waals surface area contributed by atoms with Crippen molar-refractivity contribution in [3.8, 4) is 11.5 Å². The molecule has 0 saturated heterocycles. The SMILES string of the molecule is COc1ccc(CCOc2ccc(C)cc2CCl)cc1. The number of benzene rings is 2. The van der Waals surface area contributed by atoms with Gasteiger partial charge in [-0.2, -0.15) is 0 Å². The van der Waals surface area contributed by atoms with Gasteiger partial charge in [-0.05, 0) is 30.7 Å². The van der Waals surface area contributed by atoms with Gasteiger partial charge in [-0.15, -0.1) is 11.6 Å². The number of hydrogen-bond donors (Lipinski definition) is 0. The molecular formula is C17H19ClO2. The summed E-state index contributed by atoms with van der Waals surface area (Å²) in [6.07, 6.45) is 0.861. The quantitative estimate of drug-likeness (QED) is 0.736. The molecule has 0 aliphatic carbocycles. The summed E-state index contributed by atoms with van der Waals surface area (Å²) in [5.41, 5.74) is 3.47. The van der Waals surface area contributed by atoms with Crippen molar-refractivity contribution in [2.75, 3.05) is 13.7 Å². The van der Waals surface area contributed by atoms with Crippen molar-refractivity contribution in [3.05, 3.63) is 59.2 Å². The Morgan fingerprint density at radius 1 is 1.05 bits per heavy atom. The van der Waals surface area contributed by atoms with Gasteiger partial charge in [-0.25, -0.2) is 0 Å². The van der Waals surface area contributed by atoms with Gasteiger partial charge >= 0.3 is 0 Å². The van der Waals surface area contributed by atoms with E-state index in [9.17, 15) is 0 Å². The molecule has 0 aromatic heterocycles. The number of alkyl halides is 1. The maximum Gasteiger partial charge on any atom is 0.123 e. The van der Waals surface area contributed by atoms with E-state index < -0.39 is 0 Å². The first-order valence-electron chi connectivity index (χ1n) is 6.64. The lowest BCUT2D eigenvalue weighted by Crippen LogP contribution is -2.03. The van der Waals surface area contributed by atoms with Gasteiger partial charge in [0.2, 0.25) is 0 Å². The first-order valence-corrected chi connectivity index (χ1v) is 7.17. The summed E-state index contributed by atoms with van der Waals surface area (Å²) in [5.74, 6) is 2.22. The molecule has 2 nitrogen and oxygen atoms in total. The van der Waals surface area contributed by atoms with E-state index in [1.165, 1.54) is 11.1 Å². The Morgan fingerprint density at radius 2 is 1.80 bits per heavy atom. The first-order chi connectivity index (χ1) is 9.72. The van der Waals surface area contributed by atoms with Crippen molar-refractivity contribution in [1.29, 1.82) is 0 Å². The third-order valence-corrected chi connectivity index (χ3v) is 3.46. The van der Waals surface area contributed by atoms with Gasteiger partial charge < -0.3 is 9.47 Å². The van der Waals surface area contributed by atoms with Crippen molar-refractivity contribution >= 4 is 11.6 Å². The summed E-state index contributed by atoms with van der Waals surface area (Å²) < 4.78 is 11.0. The molecule has 106 valence electrons. The van der Waals surface area contributed by atoms with Crippen molar-refractivity contribution in [1.82, 2.24) is 0 Å². The average molecular weight is 291 g/mol. The van der Waals surface area contributed by atoms with Crippen LogP contribution in [0.5, 0.6) is 11.5 Å². The fourth-order valence-corrected chi connectivity index (χ4v) is 2.23. The second-order valence-electron chi connectivity index (χ2n) is 4.69. The lowest BCUT2D eigenvalue weighted by molar-refractivity contribution is 0.319. The van der Waals surface area contributed by atoms with E-state index in [1.807, 2.05) is 24.3 Å². The zero-order chi connectivity index (χ0) is 14.4. The Balaban J connectivity index is 1.92. The van der Waals surface area contributed by atoms with Crippen LogP contribution < -0.4 is 9.47 Å². The third-order valence-electron chi connectivity index (χ3n) is 3.17. The van der Waals surface area contributed by atoms with Crippen LogP contribution in [-0.4, -0.2) is 13.7 Å². The van der Waals surface area contributed by atoms with Gasteiger partial charge in [-0.1, -0.05) is 29.8 Å². The predicted octanol–water partition coefficient (Wildman–Crippen LogP) is 4.36. The second-order valence-corrected chi connectivity index (χ2v) is 4.96. The highest BCUT2D eigenvalue weighted by molar-refractivity contribution is 6.17. The Morgan fingerprint density at radius 3 is 2.45 bits per heavy atom. The molecular weight excluding hydrogens is 272 g/mol. The highest BCUT2D eigenvalue weighted by Crippen LogP contribution is 2.22. The van der Waals surface area contributed by atoms with Crippen molar-refractivity contribution < 1.29 is 9.47 Å². The molecule has 0 atom stereocenters. The van der Waals surface area contributed by atoms with Crippen LogP contribution >= 0.6 is 11.6 Å². The highest BCUT2D eigenvalue weighted by Gasteiger charge is 2.03. The molecule has 3 heteroatoms. The Kier molecular flexibility index (Phi) is 5.31. The van der Waals surface area contributed by atoms with E-state index >= 15 is 0 Å². The van der Waals surface area contributed by atoms with Crippen molar-refractivity contribution in [3.63, 3.8) is 0 Å². The molecule has 0 bridgehead atoms. The number of ether oxygens (including phenoxy) is 2. The summed E-state index contributed by atoms with van der Waals surface area (Å²) in [6.45, 7) is 2.69. The van der Waals surface area contributed by atoms with Crippen LogP contribution in [0.15, 0.2) is 42.5 Å². The van der Waals surface area contributed by atoms with Crippen LogP contribution in [0.3, 0.4) is 0 Å². The van der Waals surface area contributed by atoms with Crippen LogP contribution in [0.2, 0.25) is 0 Å². The maximum atomic E-state index is 5.94. The van der Waals surface area contributed by atoms with E-state index in [4.69, 9.17) is 21.1 Å². The van der Waals surface area contributed by atoms with Gasteiger partial charge in [0.1, 0.15) is 11.5 Å². The molecule has 0 fully saturated rings. The number of rotatable bonds is 6. The van der Waals surface area contributed by atoms with E-state index in [0.717, 1.165) is 23.5 Å². The molecule has 0 amide bonds. The van der Waals surface area contributed by atoms with Crippen LogP contribution in [-0.2, 0) is 12.3 Å². The smallest absolute Gasteiger partial charge is 0.123 e. The minimum atomic E-state index is 0.472. The fraction of sp³-hybridized carbons (Fsp3) is 0.294. The van der Waals surface area contributed by atoms with Crippen LogP contribution in [0, 0.1) is 6.92 Å². The Bertz CT molecular complexity index is 549. The molecule has 2 aromatic carbocycles. The summed E-state index contributed by atoms with van der Waals surface area (Å²) in [7, 11) is 1.67. The van der Waals surface area contributed by atoms with E-state index in [-0.39, 0.29) is 0 Å². The third kappa shape index (κ3) is 3.91. The molecule has 0 N–H and O–H groups in total. The lowest BCUT2D eigenvalue weighted by atomic mass is 10.1. The van der Waals surface area contributed by atoms with Crippen molar-refractivity contribution in [2.24, 2.45) is 0 Å². The standard InChI is InChI=1S/C17H19ClO2/c1-13-3-8-17(15(11-13)12-18)20-10-9-14-4-6-16(19-2)7-5-14/h3-8,11H,9-10,12H2,1-2H3. The monoisotopic (exact) mass is 290 g/mol. The summed E-state index contributed by atoms with van der Waals surface area (Å²) in [6, 6.07) is 14.1. The number of halogens is 1. The minimum absolute atomic E-state index is 0.472. The lowest BCUT2D eigenvalue weighted by Gasteiger charge is -2.11. The van der Waals surface area contributed by atoms with Gasteiger partial charge in [0.25, 0.3) is 0 Å². The molecule has 0 unspecified atom stereocenters. The van der Waals surface area contributed by atoms with Gasteiger partial charge in [-0.3, -0.25) is 0 Å². The topological polar surface area (TPSA) is 18.5 Å². The first kappa shape index (κ1) is 14.7. The molecule has 0 aliphatic heterocycles. The van der Waals surface area contributed by atoms with Gasteiger partial charge in [0.15, 0.2) is 0 Å². The summed E-state index contributed by atoms with van der Waals surface area (Å²) in [4.78, 5) is 0. The van der Waals surface area contributed by atoms with Gasteiger partial charge in [0.05, 0.1) is 19.6 Å².